The Labute approximate surface area is 134 Å². The largest absolute Gasteiger partial charge is 0.361 e. The number of piperidine rings is 1. The number of hydrogen-bond acceptors (Lipinski definition) is 4. The van der Waals surface area contributed by atoms with Crippen molar-refractivity contribution in [3.8, 4) is 0 Å². The molecule has 0 radical (unpaired) electrons. The number of halogens is 1. The van der Waals surface area contributed by atoms with E-state index in [4.69, 9.17) is 4.52 Å². The van der Waals surface area contributed by atoms with Gasteiger partial charge < -0.3 is 14.3 Å². The van der Waals surface area contributed by atoms with E-state index in [2.05, 4.69) is 5.16 Å². The molecule has 1 aromatic heterocycles. The lowest BCUT2D eigenvalue weighted by Gasteiger charge is -2.36. The number of carbonyl (C=O) groups excluding carboxylic acids is 2. The number of aromatic nitrogens is 1. The third-order valence-corrected chi connectivity index (χ3v) is 4.90. The first kappa shape index (κ1) is 16.0. The minimum atomic E-state index is -0.439. The van der Waals surface area contributed by atoms with Crippen LogP contribution in [0.5, 0.6) is 0 Å². The summed E-state index contributed by atoms with van der Waals surface area (Å²) in [5.41, 5.74) is 1.15. The van der Waals surface area contributed by atoms with Crippen LogP contribution in [-0.4, -0.2) is 59.1 Å². The second-order valence-corrected chi connectivity index (χ2v) is 6.49. The number of likely N-dealkylation sites (tertiary alicyclic amines) is 2. The molecular formula is C16H22FN3O3. The van der Waals surface area contributed by atoms with Crippen molar-refractivity contribution in [1.82, 2.24) is 15.0 Å². The molecule has 0 bridgehead atoms. The van der Waals surface area contributed by atoms with Gasteiger partial charge in [0.15, 0.2) is 0 Å². The lowest BCUT2D eigenvalue weighted by molar-refractivity contribution is -0.130. The summed E-state index contributed by atoms with van der Waals surface area (Å²) in [6.45, 7) is 4.76. The third-order valence-electron chi connectivity index (χ3n) is 4.90. The highest BCUT2D eigenvalue weighted by Gasteiger charge is 2.37. The molecule has 0 saturated carbocycles. The summed E-state index contributed by atoms with van der Waals surface area (Å²) in [4.78, 5) is 28.2. The number of carbonyl (C=O) groups is 2. The van der Waals surface area contributed by atoms with E-state index in [1.807, 2.05) is 4.90 Å². The molecule has 0 aliphatic carbocycles. The van der Waals surface area contributed by atoms with Crippen LogP contribution in [0, 0.1) is 19.8 Å². The van der Waals surface area contributed by atoms with Crippen LogP contribution < -0.4 is 0 Å². The molecule has 2 aliphatic rings. The quantitative estimate of drug-likeness (QED) is 0.849. The molecule has 7 heteroatoms. The summed E-state index contributed by atoms with van der Waals surface area (Å²) in [7, 11) is 0. The molecular weight excluding hydrogens is 301 g/mol. The molecule has 126 valence electrons. The molecule has 1 atom stereocenters. The average Bonchev–Trinajstić information content (AvgIpc) is 3.09. The lowest BCUT2D eigenvalue weighted by atomic mass is 10.0. The van der Waals surface area contributed by atoms with E-state index >= 15 is 0 Å². The number of rotatable bonds is 3. The van der Waals surface area contributed by atoms with Crippen LogP contribution in [0.25, 0.3) is 0 Å². The van der Waals surface area contributed by atoms with Crippen molar-refractivity contribution in [2.75, 3.05) is 26.3 Å². The molecule has 3 heterocycles. The molecule has 3 rings (SSSR count). The molecule has 0 N–H and O–H groups in total. The normalized spacial score (nSPS) is 22.9. The summed E-state index contributed by atoms with van der Waals surface area (Å²) < 4.78 is 17.8. The first-order valence-electron chi connectivity index (χ1n) is 8.08. The standard InChI is InChI=1S/C16H22FN3O3/c1-10-15(11(2)23-18-10)16(22)19-5-3-13(4-6-19)20-9-12(8-17)7-14(20)21/h12-13H,3-9H2,1-2H3. The van der Waals surface area contributed by atoms with Gasteiger partial charge in [-0.3, -0.25) is 14.0 Å². The minimum absolute atomic E-state index is 0.0446. The van der Waals surface area contributed by atoms with E-state index in [-0.39, 0.29) is 23.8 Å². The highest BCUT2D eigenvalue weighted by molar-refractivity contribution is 5.96. The average molecular weight is 323 g/mol. The van der Waals surface area contributed by atoms with Crippen LogP contribution in [0.4, 0.5) is 4.39 Å². The molecule has 2 aliphatic heterocycles. The Hall–Kier alpha value is -1.92. The van der Waals surface area contributed by atoms with Gasteiger partial charge in [0.05, 0.1) is 12.4 Å². The molecule has 6 nitrogen and oxygen atoms in total. The van der Waals surface area contributed by atoms with Gasteiger partial charge in [0, 0.05) is 38.0 Å². The van der Waals surface area contributed by atoms with E-state index in [9.17, 15) is 14.0 Å². The predicted octanol–water partition coefficient (Wildman–Crippen LogP) is 1.71. The Morgan fingerprint density at radius 2 is 2.04 bits per heavy atom. The third kappa shape index (κ3) is 2.96. The summed E-state index contributed by atoms with van der Waals surface area (Å²) in [5.74, 6) is 0.358. The van der Waals surface area contributed by atoms with Crippen molar-refractivity contribution in [1.29, 1.82) is 0 Å². The maximum atomic E-state index is 12.8. The fraction of sp³-hybridized carbons (Fsp3) is 0.688. The molecule has 2 saturated heterocycles. The highest BCUT2D eigenvalue weighted by atomic mass is 19.1. The smallest absolute Gasteiger partial charge is 0.259 e. The molecule has 1 unspecified atom stereocenters. The minimum Gasteiger partial charge on any atom is -0.361 e. The van der Waals surface area contributed by atoms with E-state index < -0.39 is 6.67 Å². The van der Waals surface area contributed by atoms with Crippen molar-refractivity contribution in [2.24, 2.45) is 5.92 Å². The van der Waals surface area contributed by atoms with Crippen LogP contribution in [0.2, 0.25) is 0 Å². The van der Waals surface area contributed by atoms with Gasteiger partial charge in [0.1, 0.15) is 11.3 Å². The van der Waals surface area contributed by atoms with Gasteiger partial charge in [-0.1, -0.05) is 5.16 Å². The van der Waals surface area contributed by atoms with Crippen molar-refractivity contribution < 1.29 is 18.5 Å². The fourth-order valence-electron chi connectivity index (χ4n) is 3.59. The molecule has 23 heavy (non-hydrogen) atoms. The number of alkyl halides is 1. The van der Waals surface area contributed by atoms with Crippen molar-refractivity contribution in [3.05, 3.63) is 17.0 Å². The van der Waals surface area contributed by atoms with Gasteiger partial charge in [0.25, 0.3) is 5.91 Å². The van der Waals surface area contributed by atoms with Crippen molar-refractivity contribution >= 4 is 11.8 Å². The molecule has 2 fully saturated rings. The Morgan fingerprint density at radius 1 is 1.35 bits per heavy atom. The topological polar surface area (TPSA) is 66.7 Å². The van der Waals surface area contributed by atoms with Crippen LogP contribution in [0.1, 0.15) is 41.1 Å². The predicted molar refractivity (Wildman–Crippen MR) is 80.7 cm³/mol. The van der Waals surface area contributed by atoms with E-state index in [1.165, 1.54) is 0 Å². The van der Waals surface area contributed by atoms with Crippen molar-refractivity contribution in [3.63, 3.8) is 0 Å². The van der Waals surface area contributed by atoms with Crippen LogP contribution in [0.15, 0.2) is 4.52 Å². The van der Waals surface area contributed by atoms with Crippen LogP contribution in [-0.2, 0) is 4.79 Å². The van der Waals surface area contributed by atoms with Crippen LogP contribution in [0.3, 0.4) is 0 Å². The van der Waals surface area contributed by atoms with E-state index in [1.54, 1.807) is 18.7 Å². The Balaban J connectivity index is 1.61. The summed E-state index contributed by atoms with van der Waals surface area (Å²) >= 11 is 0. The summed E-state index contributed by atoms with van der Waals surface area (Å²) in [6, 6.07) is 0.118. The molecule has 0 spiro atoms. The van der Waals surface area contributed by atoms with Gasteiger partial charge in [0.2, 0.25) is 5.91 Å². The van der Waals surface area contributed by atoms with E-state index in [0.29, 0.717) is 43.1 Å². The van der Waals surface area contributed by atoms with Gasteiger partial charge in [-0.05, 0) is 26.7 Å². The molecule has 0 aromatic carbocycles. The summed E-state index contributed by atoms with van der Waals surface area (Å²) in [5, 5.41) is 3.83. The maximum Gasteiger partial charge on any atom is 0.259 e. The second kappa shape index (κ2) is 6.29. The highest BCUT2D eigenvalue weighted by Crippen LogP contribution is 2.27. The molecule has 2 amide bonds. The second-order valence-electron chi connectivity index (χ2n) is 6.49. The van der Waals surface area contributed by atoms with Crippen LogP contribution >= 0.6 is 0 Å². The first-order chi connectivity index (χ1) is 11.0. The zero-order chi connectivity index (χ0) is 16.6. The number of nitrogens with zero attached hydrogens (tertiary/aromatic N) is 3. The zero-order valence-corrected chi connectivity index (χ0v) is 13.5. The lowest BCUT2D eigenvalue weighted by Crippen LogP contribution is -2.47. The summed E-state index contributed by atoms with van der Waals surface area (Å²) in [6.07, 6.45) is 1.79. The Morgan fingerprint density at radius 3 is 2.57 bits per heavy atom. The zero-order valence-electron chi connectivity index (χ0n) is 13.5. The first-order valence-corrected chi connectivity index (χ1v) is 8.08. The van der Waals surface area contributed by atoms with E-state index in [0.717, 1.165) is 12.8 Å². The monoisotopic (exact) mass is 323 g/mol. The SMILES string of the molecule is Cc1noc(C)c1C(=O)N1CCC(N2CC(CF)CC2=O)CC1. The Bertz CT molecular complexity index is 588. The fourth-order valence-corrected chi connectivity index (χ4v) is 3.59. The number of aryl methyl sites for hydroxylation is 2. The number of amides is 2. The van der Waals surface area contributed by atoms with Crippen molar-refractivity contribution in [2.45, 2.75) is 39.2 Å². The number of hydrogen-bond donors (Lipinski definition) is 0. The van der Waals surface area contributed by atoms with Gasteiger partial charge >= 0.3 is 0 Å². The maximum absolute atomic E-state index is 12.8. The van der Waals surface area contributed by atoms with Gasteiger partial charge in [-0.2, -0.15) is 0 Å². The van der Waals surface area contributed by atoms with Gasteiger partial charge in [-0.25, -0.2) is 0 Å². The van der Waals surface area contributed by atoms with Gasteiger partial charge in [-0.15, -0.1) is 0 Å². The molecule has 1 aromatic rings. The Kier molecular flexibility index (Phi) is 4.37.